The Kier molecular flexibility index (Phi) is 4.45. The highest BCUT2D eigenvalue weighted by molar-refractivity contribution is 5.76. The summed E-state index contributed by atoms with van der Waals surface area (Å²) in [5.41, 5.74) is 3.92. The van der Waals surface area contributed by atoms with Gasteiger partial charge in [-0.25, -0.2) is 0 Å². The molecular weight excluding hydrogens is 266 g/mol. The van der Waals surface area contributed by atoms with Gasteiger partial charge in [0.05, 0.1) is 17.4 Å². The van der Waals surface area contributed by atoms with Crippen molar-refractivity contribution in [1.29, 1.82) is 0 Å². The molecule has 1 atom stereocenters. The van der Waals surface area contributed by atoms with Crippen molar-refractivity contribution in [2.45, 2.75) is 53.8 Å². The van der Waals surface area contributed by atoms with Crippen LogP contribution in [0.1, 0.15) is 42.5 Å². The number of carbonyl (C=O) groups is 1. The Morgan fingerprint density at radius 3 is 2.57 bits per heavy atom. The average molecular weight is 289 g/mol. The molecule has 21 heavy (non-hydrogen) atoms. The van der Waals surface area contributed by atoms with Crippen LogP contribution >= 0.6 is 0 Å². The highest BCUT2D eigenvalue weighted by atomic mass is 16.2. The Bertz CT molecular complexity index is 641. The van der Waals surface area contributed by atoms with Crippen LogP contribution < -0.4 is 5.32 Å². The molecule has 1 N–H and O–H groups in total. The van der Waals surface area contributed by atoms with Crippen LogP contribution in [0.4, 0.5) is 0 Å². The van der Waals surface area contributed by atoms with Crippen LogP contribution in [-0.2, 0) is 17.9 Å². The van der Waals surface area contributed by atoms with Gasteiger partial charge in [-0.2, -0.15) is 10.2 Å². The molecule has 0 aliphatic carbocycles. The van der Waals surface area contributed by atoms with E-state index in [1.54, 1.807) is 4.68 Å². The maximum absolute atomic E-state index is 12.1. The Balaban J connectivity index is 2.01. The van der Waals surface area contributed by atoms with Crippen molar-refractivity contribution >= 4 is 5.91 Å². The molecule has 6 nitrogen and oxygen atoms in total. The van der Waals surface area contributed by atoms with Crippen molar-refractivity contribution in [1.82, 2.24) is 24.9 Å². The van der Waals surface area contributed by atoms with Crippen LogP contribution in [0.5, 0.6) is 0 Å². The first kappa shape index (κ1) is 15.3. The molecule has 0 saturated heterocycles. The number of aromatic nitrogens is 4. The fraction of sp³-hybridized carbons (Fsp3) is 0.533. The SMILES string of the molecule is CCn1cc(C(C)NC(=O)Cn2nc(C)cc2C)c(C)n1. The molecule has 0 fully saturated rings. The lowest BCUT2D eigenvalue weighted by Gasteiger charge is -2.13. The molecule has 2 aromatic rings. The first-order valence-corrected chi connectivity index (χ1v) is 7.25. The second kappa shape index (κ2) is 6.11. The summed E-state index contributed by atoms with van der Waals surface area (Å²) in [4.78, 5) is 12.1. The molecule has 2 rings (SSSR count). The van der Waals surface area contributed by atoms with E-state index in [4.69, 9.17) is 0 Å². The van der Waals surface area contributed by atoms with Gasteiger partial charge in [0, 0.05) is 24.0 Å². The van der Waals surface area contributed by atoms with E-state index in [2.05, 4.69) is 15.5 Å². The van der Waals surface area contributed by atoms with Crippen LogP contribution in [0.3, 0.4) is 0 Å². The molecule has 6 heteroatoms. The molecule has 1 unspecified atom stereocenters. The van der Waals surface area contributed by atoms with Crippen LogP contribution in [0.25, 0.3) is 0 Å². The summed E-state index contributed by atoms with van der Waals surface area (Å²) in [6, 6.07) is 1.90. The number of hydrogen-bond acceptors (Lipinski definition) is 3. The molecule has 114 valence electrons. The average Bonchev–Trinajstić information content (AvgIpc) is 2.92. The van der Waals surface area contributed by atoms with Crippen LogP contribution in [-0.4, -0.2) is 25.5 Å². The summed E-state index contributed by atoms with van der Waals surface area (Å²) in [5, 5.41) is 11.7. The predicted octanol–water partition coefficient (Wildman–Crippen LogP) is 1.90. The van der Waals surface area contributed by atoms with Crippen molar-refractivity contribution in [3.05, 3.63) is 34.9 Å². The van der Waals surface area contributed by atoms with E-state index >= 15 is 0 Å². The first-order chi connectivity index (χ1) is 9.90. The zero-order chi connectivity index (χ0) is 15.6. The van der Waals surface area contributed by atoms with Gasteiger partial charge in [-0.3, -0.25) is 14.2 Å². The summed E-state index contributed by atoms with van der Waals surface area (Å²) < 4.78 is 3.61. The van der Waals surface area contributed by atoms with Gasteiger partial charge in [0.1, 0.15) is 6.54 Å². The molecule has 0 spiro atoms. The molecule has 0 aliphatic heterocycles. The fourth-order valence-electron chi connectivity index (χ4n) is 2.46. The topological polar surface area (TPSA) is 64.7 Å². The quantitative estimate of drug-likeness (QED) is 0.914. The van der Waals surface area contributed by atoms with Gasteiger partial charge in [-0.1, -0.05) is 0 Å². The van der Waals surface area contributed by atoms with Crippen LogP contribution in [0.2, 0.25) is 0 Å². The van der Waals surface area contributed by atoms with Gasteiger partial charge in [-0.05, 0) is 40.7 Å². The third kappa shape index (κ3) is 3.51. The Morgan fingerprint density at radius 2 is 2.05 bits per heavy atom. The highest BCUT2D eigenvalue weighted by Gasteiger charge is 2.15. The summed E-state index contributed by atoms with van der Waals surface area (Å²) in [6.45, 7) is 10.9. The molecular formula is C15H23N5O. The molecule has 0 bridgehead atoms. The second-order valence-electron chi connectivity index (χ2n) is 5.40. The minimum atomic E-state index is -0.0604. The normalized spacial score (nSPS) is 12.4. The van der Waals surface area contributed by atoms with Gasteiger partial charge in [0.15, 0.2) is 0 Å². The zero-order valence-electron chi connectivity index (χ0n) is 13.3. The van der Waals surface area contributed by atoms with Gasteiger partial charge >= 0.3 is 0 Å². The van der Waals surface area contributed by atoms with Crippen molar-refractivity contribution in [3.63, 3.8) is 0 Å². The Hall–Kier alpha value is -2.11. The minimum Gasteiger partial charge on any atom is -0.348 e. The molecule has 0 radical (unpaired) electrons. The number of aryl methyl sites for hydroxylation is 4. The lowest BCUT2D eigenvalue weighted by atomic mass is 10.1. The maximum atomic E-state index is 12.1. The number of amides is 1. The van der Waals surface area contributed by atoms with E-state index in [1.165, 1.54) is 0 Å². The van der Waals surface area contributed by atoms with Crippen LogP contribution in [0, 0.1) is 20.8 Å². The molecule has 2 aromatic heterocycles. The predicted molar refractivity (Wildman–Crippen MR) is 80.9 cm³/mol. The summed E-state index contributed by atoms with van der Waals surface area (Å²) in [7, 11) is 0. The Morgan fingerprint density at radius 1 is 1.33 bits per heavy atom. The van der Waals surface area contributed by atoms with E-state index in [9.17, 15) is 4.79 Å². The molecule has 2 heterocycles. The van der Waals surface area contributed by atoms with Gasteiger partial charge in [0.25, 0.3) is 0 Å². The van der Waals surface area contributed by atoms with E-state index in [1.807, 2.05) is 51.6 Å². The van der Waals surface area contributed by atoms with Crippen molar-refractivity contribution in [3.8, 4) is 0 Å². The fourth-order valence-corrected chi connectivity index (χ4v) is 2.46. The monoisotopic (exact) mass is 289 g/mol. The first-order valence-electron chi connectivity index (χ1n) is 7.25. The van der Waals surface area contributed by atoms with Crippen LogP contribution in [0.15, 0.2) is 12.3 Å². The number of nitrogens with one attached hydrogen (secondary N) is 1. The number of nitrogens with zero attached hydrogens (tertiary/aromatic N) is 4. The largest absolute Gasteiger partial charge is 0.348 e. The van der Waals surface area contributed by atoms with Crippen molar-refractivity contribution in [2.75, 3.05) is 0 Å². The molecule has 0 aromatic carbocycles. The van der Waals surface area contributed by atoms with E-state index in [-0.39, 0.29) is 18.5 Å². The maximum Gasteiger partial charge on any atom is 0.242 e. The van der Waals surface area contributed by atoms with Gasteiger partial charge in [0.2, 0.25) is 5.91 Å². The van der Waals surface area contributed by atoms with Gasteiger partial charge in [-0.15, -0.1) is 0 Å². The number of hydrogen-bond donors (Lipinski definition) is 1. The van der Waals surface area contributed by atoms with Crippen molar-refractivity contribution < 1.29 is 4.79 Å². The third-order valence-electron chi connectivity index (χ3n) is 3.55. The lowest BCUT2D eigenvalue weighted by molar-refractivity contribution is -0.122. The smallest absolute Gasteiger partial charge is 0.242 e. The molecule has 1 amide bonds. The summed E-state index contributed by atoms with van der Waals surface area (Å²) in [6.07, 6.45) is 1.99. The third-order valence-corrected chi connectivity index (χ3v) is 3.55. The molecule has 0 saturated carbocycles. The summed E-state index contributed by atoms with van der Waals surface area (Å²) in [5.74, 6) is -0.0441. The summed E-state index contributed by atoms with van der Waals surface area (Å²) >= 11 is 0. The highest BCUT2D eigenvalue weighted by Crippen LogP contribution is 2.16. The molecule has 0 aliphatic rings. The zero-order valence-corrected chi connectivity index (χ0v) is 13.3. The van der Waals surface area contributed by atoms with Crippen molar-refractivity contribution in [2.24, 2.45) is 0 Å². The second-order valence-corrected chi connectivity index (χ2v) is 5.40. The number of carbonyl (C=O) groups excluding carboxylic acids is 1. The van der Waals surface area contributed by atoms with E-state index in [0.717, 1.165) is 29.2 Å². The lowest BCUT2D eigenvalue weighted by Crippen LogP contribution is -2.30. The van der Waals surface area contributed by atoms with E-state index in [0.29, 0.717) is 0 Å². The standard InChI is InChI=1S/C15H23N5O/c1-6-19-8-14(13(5)18-19)12(4)16-15(21)9-20-11(3)7-10(2)17-20/h7-8,12H,6,9H2,1-5H3,(H,16,21). The number of rotatable bonds is 5. The Labute approximate surface area is 125 Å². The van der Waals surface area contributed by atoms with Gasteiger partial charge < -0.3 is 5.32 Å². The van der Waals surface area contributed by atoms with E-state index < -0.39 is 0 Å². The minimum absolute atomic E-state index is 0.0441.